The third kappa shape index (κ3) is 4.60. The number of benzene rings is 1. The second-order valence-electron chi connectivity index (χ2n) is 5.58. The molecule has 0 spiro atoms. The SMILES string of the molecule is CC(C)C(CNCc1ccccc1)N1CCOCC1. The quantitative estimate of drug-likeness (QED) is 0.850. The molecule has 0 aliphatic carbocycles. The highest BCUT2D eigenvalue weighted by Gasteiger charge is 2.23. The van der Waals surface area contributed by atoms with Crippen LogP contribution < -0.4 is 5.32 Å². The highest BCUT2D eigenvalue weighted by Crippen LogP contribution is 2.12. The molecule has 0 radical (unpaired) electrons. The van der Waals surface area contributed by atoms with Gasteiger partial charge in [0.2, 0.25) is 0 Å². The van der Waals surface area contributed by atoms with Crippen molar-refractivity contribution in [3.63, 3.8) is 0 Å². The second-order valence-corrected chi connectivity index (χ2v) is 5.58. The fourth-order valence-electron chi connectivity index (χ4n) is 2.66. The van der Waals surface area contributed by atoms with Crippen LogP contribution in [0.3, 0.4) is 0 Å². The molecule has 1 heterocycles. The molecule has 0 amide bonds. The minimum Gasteiger partial charge on any atom is -0.379 e. The van der Waals surface area contributed by atoms with E-state index >= 15 is 0 Å². The van der Waals surface area contributed by atoms with Crippen molar-refractivity contribution in [2.24, 2.45) is 5.92 Å². The average molecular weight is 262 g/mol. The lowest BCUT2D eigenvalue weighted by Gasteiger charge is -2.37. The van der Waals surface area contributed by atoms with Crippen molar-refractivity contribution >= 4 is 0 Å². The van der Waals surface area contributed by atoms with Crippen LogP contribution in [-0.4, -0.2) is 43.8 Å². The first-order chi connectivity index (χ1) is 9.27. The molecule has 1 unspecified atom stereocenters. The third-order valence-corrected chi connectivity index (χ3v) is 3.81. The van der Waals surface area contributed by atoms with Gasteiger partial charge in [0.15, 0.2) is 0 Å². The smallest absolute Gasteiger partial charge is 0.0594 e. The zero-order chi connectivity index (χ0) is 13.5. The standard InChI is InChI=1S/C16H26N2O/c1-14(2)16(18-8-10-19-11-9-18)13-17-12-15-6-4-3-5-7-15/h3-7,14,16-17H,8-13H2,1-2H3. The summed E-state index contributed by atoms with van der Waals surface area (Å²) in [5, 5.41) is 3.60. The maximum absolute atomic E-state index is 5.44. The van der Waals surface area contributed by atoms with Crippen molar-refractivity contribution in [1.29, 1.82) is 0 Å². The van der Waals surface area contributed by atoms with E-state index in [1.54, 1.807) is 0 Å². The summed E-state index contributed by atoms with van der Waals surface area (Å²) in [6, 6.07) is 11.2. The Labute approximate surface area is 116 Å². The van der Waals surface area contributed by atoms with E-state index in [-0.39, 0.29) is 0 Å². The highest BCUT2D eigenvalue weighted by molar-refractivity contribution is 5.14. The van der Waals surface area contributed by atoms with Gasteiger partial charge in [-0.3, -0.25) is 4.90 Å². The lowest BCUT2D eigenvalue weighted by Crippen LogP contribution is -2.50. The van der Waals surface area contributed by atoms with Gasteiger partial charge < -0.3 is 10.1 Å². The average Bonchev–Trinajstić information content (AvgIpc) is 2.45. The maximum atomic E-state index is 5.44. The lowest BCUT2D eigenvalue weighted by molar-refractivity contribution is 0.00648. The molecule has 106 valence electrons. The Morgan fingerprint density at radius 2 is 1.84 bits per heavy atom. The normalized spacial score (nSPS) is 18.7. The summed E-state index contributed by atoms with van der Waals surface area (Å²) in [7, 11) is 0. The molecule has 3 heteroatoms. The third-order valence-electron chi connectivity index (χ3n) is 3.81. The van der Waals surface area contributed by atoms with Gasteiger partial charge in [-0.15, -0.1) is 0 Å². The number of rotatable bonds is 6. The molecule has 0 aromatic heterocycles. The minimum atomic E-state index is 0.604. The Morgan fingerprint density at radius 3 is 2.47 bits per heavy atom. The number of ether oxygens (including phenoxy) is 1. The molecule has 1 aromatic rings. The van der Waals surface area contributed by atoms with Crippen LogP contribution in [0.4, 0.5) is 0 Å². The van der Waals surface area contributed by atoms with Crippen LogP contribution in [-0.2, 0) is 11.3 Å². The topological polar surface area (TPSA) is 24.5 Å². The van der Waals surface area contributed by atoms with Gasteiger partial charge in [-0.05, 0) is 11.5 Å². The summed E-state index contributed by atoms with van der Waals surface area (Å²) >= 11 is 0. The van der Waals surface area contributed by atoms with E-state index in [4.69, 9.17) is 4.74 Å². The molecule has 0 saturated carbocycles. The Hall–Kier alpha value is -0.900. The molecule has 1 atom stereocenters. The molecule has 1 fully saturated rings. The van der Waals surface area contributed by atoms with Crippen LogP contribution in [0, 0.1) is 5.92 Å². The molecular formula is C16H26N2O. The fourth-order valence-corrected chi connectivity index (χ4v) is 2.66. The number of nitrogens with zero attached hydrogens (tertiary/aromatic N) is 1. The van der Waals surface area contributed by atoms with Gasteiger partial charge in [-0.25, -0.2) is 0 Å². The fraction of sp³-hybridized carbons (Fsp3) is 0.625. The van der Waals surface area contributed by atoms with Crippen molar-refractivity contribution in [1.82, 2.24) is 10.2 Å². The Balaban J connectivity index is 1.80. The molecule has 2 rings (SSSR count). The van der Waals surface area contributed by atoms with E-state index in [0.717, 1.165) is 39.4 Å². The van der Waals surface area contributed by atoms with Crippen LogP contribution >= 0.6 is 0 Å². The largest absolute Gasteiger partial charge is 0.379 e. The van der Waals surface area contributed by atoms with Crippen molar-refractivity contribution < 1.29 is 4.74 Å². The van der Waals surface area contributed by atoms with E-state index < -0.39 is 0 Å². The summed E-state index contributed by atoms with van der Waals surface area (Å²) in [6.07, 6.45) is 0. The lowest BCUT2D eigenvalue weighted by atomic mass is 10.0. The van der Waals surface area contributed by atoms with E-state index in [1.807, 2.05) is 0 Å². The van der Waals surface area contributed by atoms with E-state index in [2.05, 4.69) is 54.4 Å². The van der Waals surface area contributed by atoms with Crippen molar-refractivity contribution in [2.45, 2.75) is 26.4 Å². The predicted octanol–water partition coefficient (Wildman–Crippen LogP) is 2.13. The van der Waals surface area contributed by atoms with E-state index in [0.29, 0.717) is 12.0 Å². The minimum absolute atomic E-state index is 0.604. The maximum Gasteiger partial charge on any atom is 0.0594 e. The molecule has 0 bridgehead atoms. The molecule has 19 heavy (non-hydrogen) atoms. The van der Waals surface area contributed by atoms with E-state index in [1.165, 1.54) is 5.56 Å². The monoisotopic (exact) mass is 262 g/mol. The molecule has 1 aliphatic heterocycles. The van der Waals surface area contributed by atoms with Crippen LogP contribution in [0.15, 0.2) is 30.3 Å². The summed E-state index contributed by atoms with van der Waals surface area (Å²) in [5.41, 5.74) is 1.35. The molecule has 1 aromatic carbocycles. The van der Waals surface area contributed by atoms with Gasteiger partial charge in [0, 0.05) is 32.2 Å². The Bertz CT molecular complexity index is 347. The van der Waals surface area contributed by atoms with Crippen LogP contribution in [0.25, 0.3) is 0 Å². The van der Waals surface area contributed by atoms with Gasteiger partial charge in [0.25, 0.3) is 0 Å². The van der Waals surface area contributed by atoms with Crippen LogP contribution in [0.2, 0.25) is 0 Å². The molecule has 3 nitrogen and oxygen atoms in total. The van der Waals surface area contributed by atoms with E-state index in [9.17, 15) is 0 Å². The molecule has 1 aliphatic rings. The number of nitrogens with one attached hydrogen (secondary N) is 1. The van der Waals surface area contributed by atoms with Gasteiger partial charge in [-0.1, -0.05) is 44.2 Å². The van der Waals surface area contributed by atoms with Crippen molar-refractivity contribution in [3.8, 4) is 0 Å². The second kappa shape index (κ2) is 7.63. The zero-order valence-corrected chi connectivity index (χ0v) is 12.1. The van der Waals surface area contributed by atoms with Crippen LogP contribution in [0.1, 0.15) is 19.4 Å². The summed E-state index contributed by atoms with van der Waals surface area (Å²) in [5.74, 6) is 0.668. The zero-order valence-electron chi connectivity index (χ0n) is 12.1. The van der Waals surface area contributed by atoms with Gasteiger partial charge in [0.05, 0.1) is 13.2 Å². The number of hydrogen-bond donors (Lipinski definition) is 1. The first-order valence-electron chi connectivity index (χ1n) is 7.34. The van der Waals surface area contributed by atoms with Gasteiger partial charge >= 0.3 is 0 Å². The summed E-state index contributed by atoms with van der Waals surface area (Å²) in [6.45, 7) is 10.5. The van der Waals surface area contributed by atoms with Gasteiger partial charge in [0.1, 0.15) is 0 Å². The first-order valence-corrected chi connectivity index (χ1v) is 7.34. The molecular weight excluding hydrogens is 236 g/mol. The summed E-state index contributed by atoms with van der Waals surface area (Å²) < 4.78 is 5.44. The molecule has 1 N–H and O–H groups in total. The molecule has 1 saturated heterocycles. The van der Waals surface area contributed by atoms with Crippen LogP contribution in [0.5, 0.6) is 0 Å². The number of hydrogen-bond acceptors (Lipinski definition) is 3. The Morgan fingerprint density at radius 1 is 1.16 bits per heavy atom. The van der Waals surface area contributed by atoms with Gasteiger partial charge in [-0.2, -0.15) is 0 Å². The van der Waals surface area contributed by atoms with Crippen molar-refractivity contribution in [2.75, 3.05) is 32.8 Å². The predicted molar refractivity (Wildman–Crippen MR) is 79.2 cm³/mol. The highest BCUT2D eigenvalue weighted by atomic mass is 16.5. The Kier molecular flexibility index (Phi) is 5.83. The first kappa shape index (κ1) is 14.5. The van der Waals surface area contributed by atoms with Crippen molar-refractivity contribution in [3.05, 3.63) is 35.9 Å². The number of morpholine rings is 1. The summed E-state index contributed by atoms with van der Waals surface area (Å²) in [4.78, 5) is 2.56.